The Morgan fingerprint density at radius 1 is 0.786 bits per heavy atom. The molecule has 1 saturated heterocycles. The number of aliphatic hydroxyl groups excluding tert-OH is 2. The van der Waals surface area contributed by atoms with Crippen molar-refractivity contribution >= 4 is 32.0 Å². The first-order valence-corrected chi connectivity index (χ1v) is 16.6. The summed E-state index contributed by atoms with van der Waals surface area (Å²) in [5.74, 6) is -0.876. The number of nitrogen functional groups attached to an aromatic ring is 1. The summed E-state index contributed by atoms with van der Waals surface area (Å²) in [6, 6.07) is 19.7. The van der Waals surface area contributed by atoms with Gasteiger partial charge in [-0.2, -0.15) is 27.0 Å². The second kappa shape index (κ2) is 12.8. The van der Waals surface area contributed by atoms with E-state index in [1.54, 1.807) is 84.9 Å². The van der Waals surface area contributed by atoms with Crippen LogP contribution in [0.4, 0.5) is 10.5 Å². The number of rotatable bonds is 10. The molecule has 14 heteroatoms. The molecule has 0 saturated carbocycles. The van der Waals surface area contributed by atoms with E-state index in [2.05, 4.69) is 0 Å². The van der Waals surface area contributed by atoms with E-state index >= 15 is 0 Å². The molecular formula is C28H33N3O9S2. The maximum absolute atomic E-state index is 14.1. The Morgan fingerprint density at radius 2 is 1.33 bits per heavy atom. The first-order valence-electron chi connectivity index (χ1n) is 12.9. The Hall–Kier alpha value is -3.53. The van der Waals surface area contributed by atoms with Crippen molar-refractivity contribution in [1.82, 2.24) is 10.1 Å². The molecule has 42 heavy (non-hydrogen) atoms. The number of nitrogens with zero attached hydrogens (tertiary/aromatic N) is 2. The minimum absolute atomic E-state index is 0.122. The Labute approximate surface area is 245 Å². The average molecular weight is 620 g/mol. The molecule has 0 aliphatic carbocycles. The Bertz CT molecular complexity index is 1590. The van der Waals surface area contributed by atoms with Gasteiger partial charge in [-0.3, -0.25) is 0 Å². The molecular weight excluding hydrogens is 586 g/mol. The number of carbonyl (C=O) groups is 1. The van der Waals surface area contributed by atoms with E-state index < -0.39 is 56.5 Å². The van der Waals surface area contributed by atoms with Crippen molar-refractivity contribution in [2.45, 2.75) is 43.1 Å². The molecule has 4 rings (SSSR count). The highest BCUT2D eigenvalue weighted by molar-refractivity contribution is 7.86. The minimum Gasteiger partial charge on any atom is -0.399 e. The highest BCUT2D eigenvalue weighted by Crippen LogP contribution is 2.36. The van der Waals surface area contributed by atoms with Gasteiger partial charge in [-0.15, -0.1) is 8.57 Å². The molecule has 5 atom stereocenters. The summed E-state index contributed by atoms with van der Waals surface area (Å²) in [4.78, 5) is 14.1. The molecule has 0 spiro atoms. The molecule has 226 valence electrons. The maximum atomic E-state index is 14.1. The third-order valence-electron chi connectivity index (χ3n) is 6.81. The Kier molecular flexibility index (Phi) is 9.55. The molecule has 1 aliphatic heterocycles. The van der Waals surface area contributed by atoms with Gasteiger partial charge in [0.15, 0.2) is 0 Å². The van der Waals surface area contributed by atoms with Gasteiger partial charge in [0.25, 0.3) is 20.2 Å². The van der Waals surface area contributed by atoms with E-state index in [-0.39, 0.29) is 12.8 Å². The van der Waals surface area contributed by atoms with Crippen molar-refractivity contribution in [2.24, 2.45) is 0 Å². The van der Waals surface area contributed by atoms with Crippen LogP contribution in [0, 0.1) is 0 Å². The topological polar surface area (TPSA) is 177 Å². The first kappa shape index (κ1) is 31.4. The highest BCUT2D eigenvalue weighted by atomic mass is 32.2. The molecule has 2 amide bonds. The van der Waals surface area contributed by atoms with E-state index in [0.717, 1.165) is 0 Å². The van der Waals surface area contributed by atoms with Crippen LogP contribution in [0.3, 0.4) is 0 Å². The monoisotopic (exact) mass is 619 g/mol. The van der Waals surface area contributed by atoms with Gasteiger partial charge in [0.1, 0.15) is 12.2 Å². The van der Waals surface area contributed by atoms with Crippen LogP contribution in [0.15, 0.2) is 84.9 Å². The van der Waals surface area contributed by atoms with Crippen LogP contribution in [-0.4, -0.2) is 80.0 Å². The van der Waals surface area contributed by atoms with E-state index in [9.17, 15) is 31.8 Å². The summed E-state index contributed by atoms with van der Waals surface area (Å²) in [7, 11) is -8.81. The van der Waals surface area contributed by atoms with Gasteiger partial charge in [0.05, 0.1) is 24.6 Å². The average Bonchev–Trinajstić information content (AvgIpc) is 2.98. The summed E-state index contributed by atoms with van der Waals surface area (Å²) in [6.45, 7) is 0. The fraction of sp³-hybridized carbons (Fsp3) is 0.321. The smallest absolute Gasteiger partial charge is 0.370 e. The largest absolute Gasteiger partial charge is 0.399 e. The van der Waals surface area contributed by atoms with Crippen molar-refractivity contribution in [2.75, 3.05) is 18.2 Å². The Morgan fingerprint density at radius 3 is 1.90 bits per heavy atom. The van der Waals surface area contributed by atoms with Gasteiger partial charge in [0.2, 0.25) is 0 Å². The number of hydroxylamine groups is 4. The number of hydrogen-bond acceptors (Lipinski definition) is 10. The number of nitrogens with two attached hydrogens (primary N) is 1. The zero-order valence-electron chi connectivity index (χ0n) is 22.9. The van der Waals surface area contributed by atoms with Gasteiger partial charge in [-0.05, 0) is 41.7 Å². The lowest BCUT2D eigenvalue weighted by atomic mass is 9.81. The molecule has 3 aromatic carbocycles. The lowest BCUT2D eigenvalue weighted by Gasteiger charge is -2.37. The zero-order valence-corrected chi connectivity index (χ0v) is 24.6. The second-order valence-corrected chi connectivity index (χ2v) is 13.3. The predicted octanol–water partition coefficient (Wildman–Crippen LogP) is 1.82. The molecule has 5 unspecified atom stereocenters. The number of hydrogen-bond donors (Lipinski definition) is 3. The zero-order chi connectivity index (χ0) is 30.7. The van der Waals surface area contributed by atoms with Crippen molar-refractivity contribution in [1.29, 1.82) is 0 Å². The summed E-state index contributed by atoms with van der Waals surface area (Å²) in [5.41, 5.74) is 8.28. The van der Waals surface area contributed by atoms with Gasteiger partial charge >= 0.3 is 6.03 Å². The van der Waals surface area contributed by atoms with Gasteiger partial charge in [-0.1, -0.05) is 72.8 Å². The van der Waals surface area contributed by atoms with Gasteiger partial charge < -0.3 is 15.9 Å². The molecule has 0 radical (unpaired) electrons. The lowest BCUT2D eigenvalue weighted by molar-refractivity contribution is -0.114. The molecule has 0 aromatic heterocycles. The predicted molar refractivity (Wildman–Crippen MR) is 154 cm³/mol. The highest BCUT2D eigenvalue weighted by Gasteiger charge is 2.52. The van der Waals surface area contributed by atoms with E-state index in [1.807, 2.05) is 0 Å². The van der Waals surface area contributed by atoms with E-state index in [1.165, 1.54) is 0 Å². The molecule has 4 N–H and O–H groups in total. The third-order valence-corrected chi connectivity index (χ3v) is 7.67. The van der Waals surface area contributed by atoms with E-state index in [4.69, 9.17) is 14.3 Å². The van der Waals surface area contributed by atoms with Crippen LogP contribution < -0.4 is 5.73 Å². The van der Waals surface area contributed by atoms with Crippen molar-refractivity contribution in [3.05, 3.63) is 102 Å². The number of carbonyl (C=O) groups excluding carboxylic acids is 1. The molecule has 1 aliphatic rings. The van der Waals surface area contributed by atoms with Crippen LogP contribution >= 0.6 is 0 Å². The van der Waals surface area contributed by atoms with Crippen LogP contribution in [0.25, 0.3) is 0 Å². The SMILES string of the molecule is CS(=O)(=O)ON1C(=O)N(OS(C)(=O)=O)C(C(Cc2cccc(N)c2)c2ccccc2)C(O)C(O)C1Cc1ccccc1. The normalized spacial score (nSPS) is 22.5. The van der Waals surface area contributed by atoms with Gasteiger partial charge in [-0.25, -0.2) is 4.79 Å². The second-order valence-electron chi connectivity index (χ2n) is 10.2. The number of benzene rings is 3. The Balaban J connectivity index is 1.91. The quantitative estimate of drug-likeness (QED) is 0.284. The molecule has 3 aromatic rings. The number of aliphatic hydroxyl groups is 2. The van der Waals surface area contributed by atoms with Crippen molar-refractivity contribution < 1.29 is 40.4 Å². The summed E-state index contributed by atoms with van der Waals surface area (Å²) < 4.78 is 59.7. The lowest BCUT2D eigenvalue weighted by Crippen LogP contribution is -2.53. The molecule has 0 bridgehead atoms. The number of urea groups is 1. The molecule has 12 nitrogen and oxygen atoms in total. The first-order chi connectivity index (χ1) is 19.7. The van der Waals surface area contributed by atoms with Crippen LogP contribution in [-0.2, 0) is 41.6 Å². The fourth-order valence-corrected chi connectivity index (χ4v) is 6.03. The maximum Gasteiger partial charge on any atom is 0.370 e. The summed E-state index contributed by atoms with van der Waals surface area (Å²) in [5, 5.41) is 24.1. The van der Waals surface area contributed by atoms with Gasteiger partial charge in [0, 0.05) is 11.6 Å². The number of anilines is 1. The number of amides is 2. The van der Waals surface area contributed by atoms with Crippen LogP contribution in [0.5, 0.6) is 0 Å². The molecule has 1 heterocycles. The van der Waals surface area contributed by atoms with E-state index in [0.29, 0.717) is 45.0 Å². The fourth-order valence-electron chi connectivity index (χ4n) is 5.10. The standard InChI is InChI=1S/C28H33N3O9S2/c1-41(35,36)39-30-24(18-19-10-5-3-6-11-19)26(32)27(33)25(31(28(30)34)40-42(2,37)38)23(21-13-7-4-8-14-21)17-20-12-9-15-22(29)16-20/h3-16,23-27,32-33H,17-18,29H2,1-2H3. The third kappa shape index (κ3) is 7.85. The van der Waals surface area contributed by atoms with Crippen molar-refractivity contribution in [3.8, 4) is 0 Å². The summed E-state index contributed by atoms with van der Waals surface area (Å²) >= 11 is 0. The van der Waals surface area contributed by atoms with Crippen LogP contribution in [0.2, 0.25) is 0 Å². The minimum atomic E-state index is -4.42. The van der Waals surface area contributed by atoms with Crippen molar-refractivity contribution in [3.63, 3.8) is 0 Å². The van der Waals surface area contributed by atoms with Crippen LogP contribution in [0.1, 0.15) is 22.6 Å². The molecule has 1 fully saturated rings. The summed E-state index contributed by atoms with van der Waals surface area (Å²) in [6.07, 6.45) is -2.30.